The Hall–Kier alpha value is -3.44. The third kappa shape index (κ3) is 5.94. The van der Waals surface area contributed by atoms with Crippen LogP contribution in [0, 0.1) is 5.82 Å². The number of hydrogen-bond acceptors (Lipinski definition) is 8. The largest absolute Gasteiger partial charge is 0.478 e. The summed E-state index contributed by atoms with van der Waals surface area (Å²) in [6.45, 7) is 5.32. The summed E-state index contributed by atoms with van der Waals surface area (Å²) >= 11 is 6.14. The fourth-order valence-corrected chi connectivity index (χ4v) is 4.81. The maximum absolute atomic E-state index is 14.9. The summed E-state index contributed by atoms with van der Waals surface area (Å²) in [6.07, 6.45) is 8.24. The summed E-state index contributed by atoms with van der Waals surface area (Å²) < 4.78 is 21.2. The predicted octanol–water partition coefficient (Wildman–Crippen LogP) is 2.77. The number of dihydropyridines is 1. The van der Waals surface area contributed by atoms with Crippen LogP contribution in [0.4, 0.5) is 10.2 Å². The van der Waals surface area contributed by atoms with E-state index in [0.717, 1.165) is 24.6 Å². The number of anilines is 1. The maximum atomic E-state index is 14.9. The zero-order chi connectivity index (χ0) is 26.7. The van der Waals surface area contributed by atoms with Crippen molar-refractivity contribution < 1.29 is 23.8 Å². The van der Waals surface area contributed by atoms with Gasteiger partial charge in [-0.2, -0.15) is 0 Å². The van der Waals surface area contributed by atoms with Gasteiger partial charge in [0.05, 0.1) is 35.5 Å². The number of carboxylic acids is 1. The van der Waals surface area contributed by atoms with E-state index in [1.165, 1.54) is 13.0 Å². The molecular formula is C25H30ClFN6O4. The van der Waals surface area contributed by atoms with Crippen LogP contribution in [-0.2, 0) is 14.3 Å². The molecule has 0 bridgehead atoms. The number of rotatable bonds is 9. The first-order chi connectivity index (χ1) is 17.7. The second-order valence-electron chi connectivity index (χ2n) is 9.05. The lowest BCUT2D eigenvalue weighted by atomic mass is 9.87. The molecule has 3 heterocycles. The van der Waals surface area contributed by atoms with Gasteiger partial charge in [0.25, 0.3) is 0 Å². The molecule has 198 valence electrons. The molecule has 2 aliphatic heterocycles. The van der Waals surface area contributed by atoms with Crippen LogP contribution in [-0.4, -0.2) is 57.4 Å². The summed E-state index contributed by atoms with van der Waals surface area (Å²) in [5.74, 6) is -2.04. The highest BCUT2D eigenvalue weighted by molar-refractivity contribution is 6.31. The molecule has 1 amide bonds. The fraction of sp³-hybridized carbons (Fsp3) is 0.440. The Morgan fingerprint density at radius 1 is 1.30 bits per heavy atom. The fourth-order valence-electron chi connectivity index (χ4n) is 4.63. The minimum atomic E-state index is -1.11. The van der Waals surface area contributed by atoms with Crippen molar-refractivity contribution >= 4 is 34.9 Å². The lowest BCUT2D eigenvalue weighted by Gasteiger charge is -2.38. The Morgan fingerprint density at radius 2 is 2.03 bits per heavy atom. The van der Waals surface area contributed by atoms with Crippen molar-refractivity contribution in [1.29, 1.82) is 0 Å². The average molecular weight is 533 g/mol. The van der Waals surface area contributed by atoms with E-state index in [1.54, 1.807) is 18.5 Å². The van der Waals surface area contributed by atoms with E-state index >= 15 is 0 Å². The number of amides is 1. The van der Waals surface area contributed by atoms with Crippen LogP contribution in [0.5, 0.6) is 0 Å². The van der Waals surface area contributed by atoms with E-state index in [1.807, 2.05) is 13.8 Å². The smallest absolute Gasteiger partial charge is 0.331 e. The SMILES string of the molecule is CCC(CC)O[C@@H]1CC(C(=O)O)=CC(Nc2nc(C3=CNC4NC=C(Cl)C=C34)ncc2F)C1NC(C)=O. The van der Waals surface area contributed by atoms with Gasteiger partial charge in [-0.25, -0.2) is 19.2 Å². The van der Waals surface area contributed by atoms with Crippen LogP contribution in [0.2, 0.25) is 0 Å². The van der Waals surface area contributed by atoms with Gasteiger partial charge < -0.3 is 31.1 Å². The maximum Gasteiger partial charge on any atom is 0.331 e. The molecule has 1 aromatic heterocycles. The second kappa shape index (κ2) is 11.3. The average Bonchev–Trinajstić information content (AvgIpc) is 3.28. The first-order valence-corrected chi connectivity index (χ1v) is 12.5. The number of allylic oxidation sites excluding steroid dienone is 2. The second-order valence-corrected chi connectivity index (χ2v) is 9.49. The van der Waals surface area contributed by atoms with E-state index in [2.05, 4.69) is 31.2 Å². The zero-order valence-electron chi connectivity index (χ0n) is 20.7. The van der Waals surface area contributed by atoms with Gasteiger partial charge in [0.2, 0.25) is 5.91 Å². The molecule has 0 aromatic carbocycles. The number of carboxylic acid groups (broad SMARTS) is 1. The Labute approximate surface area is 219 Å². The lowest BCUT2D eigenvalue weighted by Crippen LogP contribution is -2.56. The summed E-state index contributed by atoms with van der Waals surface area (Å²) in [5, 5.41) is 22.3. The summed E-state index contributed by atoms with van der Waals surface area (Å²) in [7, 11) is 0. The van der Waals surface area contributed by atoms with Crippen LogP contribution in [0.15, 0.2) is 46.9 Å². The normalized spacial score (nSPS) is 24.6. The van der Waals surface area contributed by atoms with Crippen molar-refractivity contribution in [1.82, 2.24) is 25.9 Å². The van der Waals surface area contributed by atoms with Gasteiger partial charge in [-0.15, -0.1) is 0 Å². The first kappa shape index (κ1) is 26.6. The highest BCUT2D eigenvalue weighted by atomic mass is 35.5. The van der Waals surface area contributed by atoms with E-state index < -0.39 is 30.0 Å². The highest BCUT2D eigenvalue weighted by Gasteiger charge is 2.38. The molecule has 0 saturated carbocycles. The van der Waals surface area contributed by atoms with Crippen molar-refractivity contribution in [2.45, 2.75) is 70.5 Å². The third-order valence-corrected chi connectivity index (χ3v) is 6.72. The standard InChI is InChI=1S/C25H30ClFN6O4/c1-4-15(5-2)37-20-7-13(25(35)36)6-19(21(20)31-12(3)34)32-24-18(27)11-30-23(33-24)17-10-29-22-16(17)8-14(26)9-28-22/h6,8-11,15,19-22,28-29H,4-5,7H2,1-3H3,(H,31,34)(H,35,36)(H,30,32,33)/t19?,20-,21?,22?/m1/s1. The molecule has 12 heteroatoms. The van der Waals surface area contributed by atoms with Crippen LogP contribution in [0.1, 0.15) is 45.9 Å². The number of nitrogens with zero attached hydrogens (tertiary/aromatic N) is 2. The summed E-state index contributed by atoms with van der Waals surface area (Å²) in [4.78, 5) is 32.6. The van der Waals surface area contributed by atoms with Gasteiger partial charge in [-0.1, -0.05) is 25.4 Å². The number of halogens is 2. The quantitative estimate of drug-likeness (QED) is 0.325. The molecule has 0 spiro atoms. The molecule has 10 nitrogen and oxygen atoms in total. The minimum absolute atomic E-state index is 0.0990. The molecule has 37 heavy (non-hydrogen) atoms. The van der Waals surface area contributed by atoms with Gasteiger partial charge >= 0.3 is 5.97 Å². The Bertz CT molecular complexity index is 1200. The highest BCUT2D eigenvalue weighted by Crippen LogP contribution is 2.32. The van der Waals surface area contributed by atoms with Crippen LogP contribution in [0.25, 0.3) is 5.57 Å². The lowest BCUT2D eigenvalue weighted by molar-refractivity contribution is -0.133. The van der Waals surface area contributed by atoms with E-state index in [4.69, 9.17) is 16.3 Å². The Balaban J connectivity index is 1.67. The van der Waals surface area contributed by atoms with Crippen LogP contribution < -0.4 is 21.3 Å². The summed E-state index contributed by atoms with van der Waals surface area (Å²) in [5.41, 5.74) is 1.53. The topological polar surface area (TPSA) is 138 Å². The number of aromatic nitrogens is 2. The van der Waals surface area contributed by atoms with Crippen molar-refractivity contribution in [2.24, 2.45) is 0 Å². The number of nitrogens with one attached hydrogen (secondary N) is 4. The van der Waals surface area contributed by atoms with E-state index in [-0.39, 0.29) is 41.8 Å². The van der Waals surface area contributed by atoms with Gasteiger partial charge in [0.1, 0.15) is 6.17 Å². The summed E-state index contributed by atoms with van der Waals surface area (Å²) in [6, 6.07) is -1.47. The Kier molecular flexibility index (Phi) is 8.13. The molecule has 3 aliphatic rings. The molecular weight excluding hydrogens is 503 g/mol. The molecule has 0 saturated heterocycles. The van der Waals surface area contributed by atoms with E-state index in [0.29, 0.717) is 10.6 Å². The molecule has 0 fully saturated rings. The molecule has 1 aliphatic carbocycles. The molecule has 1 aromatic rings. The van der Waals surface area contributed by atoms with Gasteiger partial charge in [0.15, 0.2) is 17.5 Å². The molecule has 4 atom stereocenters. The van der Waals surface area contributed by atoms with Gasteiger partial charge in [0, 0.05) is 42.5 Å². The number of aliphatic carboxylic acids is 1. The predicted molar refractivity (Wildman–Crippen MR) is 137 cm³/mol. The van der Waals surface area contributed by atoms with Crippen LogP contribution >= 0.6 is 11.6 Å². The molecule has 3 unspecified atom stereocenters. The molecule has 5 N–H and O–H groups in total. The first-order valence-electron chi connectivity index (χ1n) is 12.2. The number of fused-ring (bicyclic) bond motifs is 1. The number of carbonyl (C=O) groups excluding carboxylic acids is 1. The molecule has 4 rings (SSSR count). The molecule has 0 radical (unpaired) electrons. The van der Waals surface area contributed by atoms with Crippen molar-refractivity contribution in [2.75, 3.05) is 5.32 Å². The van der Waals surface area contributed by atoms with Crippen molar-refractivity contribution in [3.63, 3.8) is 0 Å². The monoisotopic (exact) mass is 532 g/mol. The third-order valence-electron chi connectivity index (χ3n) is 6.50. The Morgan fingerprint density at radius 3 is 2.70 bits per heavy atom. The number of hydrogen-bond donors (Lipinski definition) is 5. The van der Waals surface area contributed by atoms with Crippen molar-refractivity contribution in [3.8, 4) is 0 Å². The van der Waals surface area contributed by atoms with Gasteiger partial charge in [-0.3, -0.25) is 4.79 Å². The van der Waals surface area contributed by atoms with Crippen molar-refractivity contribution in [3.05, 3.63) is 58.6 Å². The van der Waals surface area contributed by atoms with Crippen LogP contribution in [0.3, 0.4) is 0 Å². The van der Waals surface area contributed by atoms with Gasteiger partial charge in [-0.05, 0) is 25.0 Å². The minimum Gasteiger partial charge on any atom is -0.478 e. The number of ether oxygens (including phenoxy) is 1. The number of carbonyl (C=O) groups is 2. The van der Waals surface area contributed by atoms with E-state index in [9.17, 15) is 19.1 Å². The zero-order valence-corrected chi connectivity index (χ0v) is 21.5.